The molecule has 0 fully saturated rings. The highest BCUT2D eigenvalue weighted by molar-refractivity contribution is 7.90. The summed E-state index contributed by atoms with van der Waals surface area (Å²) in [7, 11) is -1.91. The van der Waals surface area contributed by atoms with Gasteiger partial charge >= 0.3 is 5.97 Å². The number of sulfone groups is 1. The Morgan fingerprint density at radius 2 is 2.00 bits per heavy atom. The first-order chi connectivity index (χ1) is 8.36. The third kappa shape index (κ3) is 3.97. The number of methoxy groups -OCH3 is 1. The molecule has 0 radical (unpaired) electrons. The monoisotopic (exact) mass is 292 g/mol. The van der Waals surface area contributed by atoms with Crippen molar-refractivity contribution in [1.29, 1.82) is 0 Å². The summed E-state index contributed by atoms with van der Waals surface area (Å²) in [6, 6.07) is 3.89. The largest absolute Gasteiger partial charge is 0.460 e. The van der Waals surface area contributed by atoms with Gasteiger partial charge in [0.1, 0.15) is 6.61 Å². The van der Waals surface area contributed by atoms with Crippen LogP contribution in [0.15, 0.2) is 23.1 Å². The predicted molar refractivity (Wildman–Crippen MR) is 66.7 cm³/mol. The van der Waals surface area contributed by atoms with Crippen molar-refractivity contribution in [2.45, 2.75) is 4.90 Å². The number of carbonyl (C=O) groups is 1. The van der Waals surface area contributed by atoms with Crippen molar-refractivity contribution in [3.05, 3.63) is 28.8 Å². The highest BCUT2D eigenvalue weighted by Crippen LogP contribution is 2.21. The van der Waals surface area contributed by atoms with Crippen LogP contribution in [0.3, 0.4) is 0 Å². The molecule has 0 spiro atoms. The van der Waals surface area contributed by atoms with Crippen molar-refractivity contribution < 1.29 is 22.7 Å². The van der Waals surface area contributed by atoms with Crippen molar-refractivity contribution in [3.63, 3.8) is 0 Å². The van der Waals surface area contributed by atoms with Crippen LogP contribution in [0.2, 0.25) is 5.02 Å². The topological polar surface area (TPSA) is 69.7 Å². The molecule has 0 saturated heterocycles. The summed E-state index contributed by atoms with van der Waals surface area (Å²) in [5.41, 5.74) is 0.0238. The van der Waals surface area contributed by atoms with Crippen molar-refractivity contribution >= 4 is 27.4 Å². The average molecular weight is 293 g/mol. The van der Waals surface area contributed by atoms with Gasteiger partial charge in [-0.25, -0.2) is 13.2 Å². The standard InChI is InChI=1S/C11H13ClO5S/c1-16-5-6-17-11(13)9-7-8(18(2,14)15)3-4-10(9)12/h3-4,7H,5-6H2,1-2H3. The van der Waals surface area contributed by atoms with Crippen LogP contribution in [-0.2, 0) is 19.3 Å². The molecule has 1 aromatic carbocycles. The van der Waals surface area contributed by atoms with E-state index in [4.69, 9.17) is 21.1 Å². The Labute approximate surface area is 111 Å². The zero-order chi connectivity index (χ0) is 13.8. The molecule has 0 bridgehead atoms. The molecule has 0 heterocycles. The molecule has 7 heteroatoms. The molecule has 18 heavy (non-hydrogen) atoms. The van der Waals surface area contributed by atoms with E-state index in [0.29, 0.717) is 0 Å². The molecule has 0 aliphatic carbocycles. The second-order valence-electron chi connectivity index (χ2n) is 3.54. The lowest BCUT2D eigenvalue weighted by Gasteiger charge is -2.07. The lowest BCUT2D eigenvalue weighted by molar-refractivity contribution is 0.0388. The molecule has 0 aliphatic heterocycles. The minimum absolute atomic E-state index is 0.0191. The number of hydrogen-bond donors (Lipinski definition) is 0. The SMILES string of the molecule is COCCOC(=O)c1cc(S(C)(=O)=O)ccc1Cl. The average Bonchev–Trinajstić information content (AvgIpc) is 2.28. The Balaban J connectivity index is 2.97. The summed E-state index contributed by atoms with van der Waals surface area (Å²) in [6.07, 6.45) is 1.05. The maximum atomic E-state index is 11.7. The van der Waals surface area contributed by atoms with E-state index >= 15 is 0 Å². The van der Waals surface area contributed by atoms with E-state index in [1.807, 2.05) is 0 Å². The lowest BCUT2D eigenvalue weighted by atomic mass is 10.2. The number of ether oxygens (including phenoxy) is 2. The smallest absolute Gasteiger partial charge is 0.339 e. The van der Waals surface area contributed by atoms with Crippen LogP contribution in [0.1, 0.15) is 10.4 Å². The highest BCUT2D eigenvalue weighted by atomic mass is 35.5. The maximum Gasteiger partial charge on any atom is 0.339 e. The van der Waals surface area contributed by atoms with E-state index in [9.17, 15) is 13.2 Å². The summed E-state index contributed by atoms with van der Waals surface area (Å²) >= 11 is 5.83. The van der Waals surface area contributed by atoms with Gasteiger partial charge in [-0.2, -0.15) is 0 Å². The molecular formula is C11H13ClO5S. The quantitative estimate of drug-likeness (QED) is 0.608. The van der Waals surface area contributed by atoms with Gasteiger partial charge in [-0.3, -0.25) is 0 Å². The Bertz CT molecular complexity index is 538. The molecule has 0 aliphatic rings. The molecule has 0 aromatic heterocycles. The van der Waals surface area contributed by atoms with E-state index < -0.39 is 15.8 Å². The van der Waals surface area contributed by atoms with Gasteiger partial charge in [-0.05, 0) is 18.2 Å². The summed E-state index contributed by atoms with van der Waals surface area (Å²) in [5.74, 6) is -0.678. The molecule has 0 amide bonds. The molecule has 1 rings (SSSR count). The van der Waals surface area contributed by atoms with Crippen molar-refractivity contribution in [2.75, 3.05) is 26.6 Å². The third-order valence-electron chi connectivity index (χ3n) is 2.11. The summed E-state index contributed by atoms with van der Waals surface area (Å²) in [5, 5.41) is 0.143. The van der Waals surface area contributed by atoms with E-state index in [2.05, 4.69) is 0 Å². The second kappa shape index (κ2) is 6.17. The van der Waals surface area contributed by atoms with Crippen LogP contribution in [0.25, 0.3) is 0 Å². The molecule has 0 saturated carbocycles. The maximum absolute atomic E-state index is 11.7. The summed E-state index contributed by atoms with van der Waals surface area (Å²) < 4.78 is 32.3. The second-order valence-corrected chi connectivity index (χ2v) is 5.97. The Hall–Kier alpha value is -1.11. The predicted octanol–water partition coefficient (Wildman–Crippen LogP) is 1.55. The highest BCUT2D eigenvalue weighted by Gasteiger charge is 2.16. The Morgan fingerprint density at radius 1 is 1.33 bits per heavy atom. The van der Waals surface area contributed by atoms with Gasteiger partial charge in [0.15, 0.2) is 9.84 Å². The fourth-order valence-corrected chi connectivity index (χ4v) is 2.03. The van der Waals surface area contributed by atoms with E-state index in [1.54, 1.807) is 0 Å². The fourth-order valence-electron chi connectivity index (χ4n) is 1.19. The number of rotatable bonds is 5. The van der Waals surface area contributed by atoms with Crippen molar-refractivity contribution in [2.24, 2.45) is 0 Å². The molecule has 1 aromatic rings. The number of hydrogen-bond acceptors (Lipinski definition) is 5. The molecule has 100 valence electrons. The number of esters is 1. The van der Waals surface area contributed by atoms with Gasteiger partial charge in [0.25, 0.3) is 0 Å². The van der Waals surface area contributed by atoms with Crippen LogP contribution < -0.4 is 0 Å². The fraction of sp³-hybridized carbons (Fsp3) is 0.364. The Morgan fingerprint density at radius 3 is 2.56 bits per heavy atom. The minimum Gasteiger partial charge on any atom is -0.460 e. The third-order valence-corrected chi connectivity index (χ3v) is 3.55. The molecule has 0 atom stereocenters. The van der Waals surface area contributed by atoms with Gasteiger partial charge in [0, 0.05) is 13.4 Å². The number of carbonyl (C=O) groups excluding carboxylic acids is 1. The van der Waals surface area contributed by atoms with Gasteiger partial charge in [0.05, 0.1) is 22.1 Å². The number of halogens is 1. The molecule has 5 nitrogen and oxygen atoms in total. The zero-order valence-corrected chi connectivity index (χ0v) is 11.5. The van der Waals surface area contributed by atoms with E-state index in [-0.39, 0.29) is 28.7 Å². The van der Waals surface area contributed by atoms with Crippen LogP contribution in [0.4, 0.5) is 0 Å². The van der Waals surface area contributed by atoms with Gasteiger partial charge in [-0.1, -0.05) is 11.6 Å². The van der Waals surface area contributed by atoms with Crippen LogP contribution in [0.5, 0.6) is 0 Å². The van der Waals surface area contributed by atoms with Crippen LogP contribution in [-0.4, -0.2) is 41.0 Å². The first-order valence-corrected chi connectivity index (χ1v) is 7.29. The molecule has 0 unspecified atom stereocenters. The van der Waals surface area contributed by atoms with E-state index in [0.717, 1.165) is 6.26 Å². The van der Waals surface area contributed by atoms with Crippen LogP contribution >= 0.6 is 11.6 Å². The normalized spacial score (nSPS) is 11.3. The summed E-state index contributed by atoms with van der Waals surface area (Å²) in [6.45, 7) is 0.337. The molecular weight excluding hydrogens is 280 g/mol. The van der Waals surface area contributed by atoms with Crippen molar-refractivity contribution in [1.82, 2.24) is 0 Å². The van der Waals surface area contributed by atoms with Crippen molar-refractivity contribution in [3.8, 4) is 0 Å². The van der Waals surface area contributed by atoms with Gasteiger partial charge in [0.2, 0.25) is 0 Å². The van der Waals surface area contributed by atoms with Gasteiger partial charge in [-0.15, -0.1) is 0 Å². The van der Waals surface area contributed by atoms with Crippen LogP contribution in [0, 0.1) is 0 Å². The lowest BCUT2D eigenvalue weighted by Crippen LogP contribution is -2.11. The first kappa shape index (κ1) is 14.9. The molecule has 0 N–H and O–H groups in total. The zero-order valence-electron chi connectivity index (χ0n) is 9.97. The Kier molecular flexibility index (Phi) is 5.13. The van der Waals surface area contributed by atoms with Gasteiger partial charge < -0.3 is 9.47 Å². The summed E-state index contributed by atoms with van der Waals surface area (Å²) in [4.78, 5) is 11.7. The number of benzene rings is 1. The minimum atomic E-state index is -3.39. The first-order valence-electron chi connectivity index (χ1n) is 5.02. The van der Waals surface area contributed by atoms with E-state index in [1.165, 1.54) is 25.3 Å².